The topological polar surface area (TPSA) is 84.1 Å². The predicted molar refractivity (Wildman–Crippen MR) is 84.9 cm³/mol. The summed E-state index contributed by atoms with van der Waals surface area (Å²) in [6.45, 7) is 6.59. The second-order valence-electron chi connectivity index (χ2n) is 5.07. The van der Waals surface area contributed by atoms with E-state index in [9.17, 15) is 9.59 Å². The number of carbonyl (C=O) groups is 2. The Bertz CT molecular complexity index is 723. The summed E-state index contributed by atoms with van der Waals surface area (Å²) in [6, 6.07) is 3.60. The number of aliphatic carboxylic acids is 1. The van der Waals surface area contributed by atoms with Crippen molar-refractivity contribution < 1.29 is 19.4 Å². The molecule has 0 aliphatic carbocycles. The first kappa shape index (κ1) is 16.8. The van der Waals surface area contributed by atoms with Gasteiger partial charge in [-0.2, -0.15) is 0 Å². The van der Waals surface area contributed by atoms with Crippen LogP contribution in [0.3, 0.4) is 0 Å². The molecule has 2 rings (SSSR count). The lowest BCUT2D eigenvalue weighted by atomic mass is 10.2. The number of carboxylic acids is 1. The number of fused-ring (bicyclic) bond motifs is 1. The van der Waals surface area contributed by atoms with Crippen LogP contribution in [0.5, 0.6) is 5.75 Å². The van der Waals surface area contributed by atoms with E-state index in [0.717, 1.165) is 0 Å². The zero-order valence-electron chi connectivity index (χ0n) is 13.6. The average molecular weight is 319 g/mol. The predicted octanol–water partition coefficient (Wildman–Crippen LogP) is 1.98. The molecule has 7 heteroatoms. The van der Waals surface area contributed by atoms with Gasteiger partial charge in [0.2, 0.25) is 0 Å². The molecule has 1 N–H and O–H groups in total. The molecular formula is C16H21N3O4. The molecule has 2 aromatic rings. The highest BCUT2D eigenvalue weighted by Crippen LogP contribution is 2.23. The molecule has 7 nitrogen and oxygen atoms in total. The summed E-state index contributed by atoms with van der Waals surface area (Å²) in [4.78, 5) is 29.5. The van der Waals surface area contributed by atoms with Crippen LogP contribution in [0.2, 0.25) is 0 Å². The van der Waals surface area contributed by atoms with Crippen molar-refractivity contribution in [2.45, 2.75) is 27.2 Å². The molecule has 0 fully saturated rings. The number of pyridine rings is 1. The number of aromatic nitrogens is 2. The van der Waals surface area contributed by atoms with Crippen LogP contribution in [-0.4, -0.2) is 51.0 Å². The van der Waals surface area contributed by atoms with Crippen molar-refractivity contribution in [3.05, 3.63) is 29.7 Å². The van der Waals surface area contributed by atoms with Gasteiger partial charge < -0.3 is 14.7 Å². The van der Waals surface area contributed by atoms with Crippen molar-refractivity contribution in [2.24, 2.45) is 0 Å². The minimum absolute atomic E-state index is 0.0838. The second-order valence-corrected chi connectivity index (χ2v) is 5.07. The Morgan fingerprint density at radius 3 is 2.74 bits per heavy atom. The molecule has 2 aromatic heterocycles. The lowest BCUT2D eigenvalue weighted by molar-refractivity contribution is -0.137. The number of hydrogen-bond acceptors (Lipinski definition) is 4. The summed E-state index contributed by atoms with van der Waals surface area (Å²) in [5.74, 6) is -0.539. The second kappa shape index (κ2) is 7.13. The molecule has 0 aliphatic rings. The van der Waals surface area contributed by atoms with Crippen molar-refractivity contribution in [2.75, 3.05) is 19.7 Å². The minimum Gasteiger partial charge on any atom is -0.490 e. The van der Waals surface area contributed by atoms with Gasteiger partial charge in [-0.25, -0.2) is 4.98 Å². The first-order chi connectivity index (χ1) is 11.0. The van der Waals surface area contributed by atoms with Crippen LogP contribution >= 0.6 is 0 Å². The smallest absolute Gasteiger partial charge is 0.305 e. The number of aryl methyl sites for hydroxylation is 1. The fraction of sp³-hybridized carbons (Fsp3) is 0.438. The van der Waals surface area contributed by atoms with Crippen LogP contribution in [0.15, 0.2) is 18.3 Å². The van der Waals surface area contributed by atoms with E-state index in [-0.39, 0.29) is 18.9 Å². The maximum Gasteiger partial charge on any atom is 0.305 e. The summed E-state index contributed by atoms with van der Waals surface area (Å²) >= 11 is 0. The molecule has 124 valence electrons. The third-order valence-electron chi connectivity index (χ3n) is 3.56. The Morgan fingerprint density at radius 1 is 1.39 bits per heavy atom. The Kier molecular flexibility index (Phi) is 5.20. The lowest BCUT2D eigenvalue weighted by Crippen LogP contribution is -2.34. The molecule has 0 spiro atoms. The number of hydrogen-bond donors (Lipinski definition) is 1. The van der Waals surface area contributed by atoms with Crippen molar-refractivity contribution in [1.29, 1.82) is 0 Å². The summed E-state index contributed by atoms with van der Waals surface area (Å²) in [7, 11) is 0. The molecule has 23 heavy (non-hydrogen) atoms. The maximum atomic E-state index is 12.8. The van der Waals surface area contributed by atoms with Crippen LogP contribution in [0.25, 0.3) is 5.65 Å². The fourth-order valence-corrected chi connectivity index (χ4v) is 2.47. The van der Waals surface area contributed by atoms with Crippen molar-refractivity contribution in [1.82, 2.24) is 14.3 Å². The zero-order chi connectivity index (χ0) is 17.0. The highest BCUT2D eigenvalue weighted by Gasteiger charge is 2.23. The van der Waals surface area contributed by atoms with E-state index in [2.05, 4.69) is 4.98 Å². The average Bonchev–Trinajstić information content (AvgIpc) is 2.84. The largest absolute Gasteiger partial charge is 0.490 e. The Hall–Kier alpha value is -2.57. The van der Waals surface area contributed by atoms with Crippen molar-refractivity contribution >= 4 is 17.5 Å². The number of carbonyl (C=O) groups excluding carboxylic acids is 1. The number of rotatable bonds is 7. The van der Waals surface area contributed by atoms with Crippen LogP contribution in [0.1, 0.15) is 36.5 Å². The maximum absolute atomic E-state index is 12.8. The Morgan fingerprint density at radius 2 is 2.13 bits per heavy atom. The first-order valence-electron chi connectivity index (χ1n) is 7.61. The van der Waals surface area contributed by atoms with Gasteiger partial charge in [0.05, 0.1) is 18.7 Å². The van der Waals surface area contributed by atoms with E-state index < -0.39 is 5.97 Å². The molecule has 0 atom stereocenters. The number of carboxylic acid groups (broad SMARTS) is 1. The molecular weight excluding hydrogens is 298 g/mol. The first-order valence-corrected chi connectivity index (χ1v) is 7.61. The highest BCUT2D eigenvalue weighted by atomic mass is 16.5. The van der Waals surface area contributed by atoms with Crippen LogP contribution in [-0.2, 0) is 4.79 Å². The monoisotopic (exact) mass is 319 g/mol. The van der Waals surface area contributed by atoms with E-state index in [1.807, 2.05) is 19.9 Å². The van der Waals surface area contributed by atoms with Crippen LogP contribution in [0.4, 0.5) is 0 Å². The van der Waals surface area contributed by atoms with Gasteiger partial charge in [0.15, 0.2) is 11.4 Å². The molecule has 0 bridgehead atoms. The molecule has 0 aliphatic heterocycles. The number of ether oxygens (including phenoxy) is 1. The summed E-state index contributed by atoms with van der Waals surface area (Å²) in [5.41, 5.74) is 1.62. The van der Waals surface area contributed by atoms with E-state index in [1.165, 1.54) is 4.90 Å². The lowest BCUT2D eigenvalue weighted by Gasteiger charge is -2.20. The molecule has 0 saturated heterocycles. The number of amides is 1. The van der Waals surface area contributed by atoms with E-state index in [1.54, 1.807) is 23.6 Å². The quantitative estimate of drug-likeness (QED) is 0.843. The van der Waals surface area contributed by atoms with Gasteiger partial charge in [0, 0.05) is 19.3 Å². The van der Waals surface area contributed by atoms with Gasteiger partial charge >= 0.3 is 5.97 Å². The van der Waals surface area contributed by atoms with Gasteiger partial charge in [0.1, 0.15) is 5.69 Å². The van der Waals surface area contributed by atoms with Gasteiger partial charge in [0.25, 0.3) is 5.91 Å². The van der Waals surface area contributed by atoms with Gasteiger partial charge in [-0.15, -0.1) is 0 Å². The number of nitrogens with zero attached hydrogens (tertiary/aromatic N) is 3. The summed E-state index contributed by atoms with van der Waals surface area (Å²) in [6.07, 6.45) is 1.68. The van der Waals surface area contributed by atoms with Gasteiger partial charge in [-0.05, 0) is 32.9 Å². The molecule has 1 amide bonds. The van der Waals surface area contributed by atoms with E-state index in [4.69, 9.17) is 9.84 Å². The third-order valence-corrected chi connectivity index (χ3v) is 3.56. The molecule has 2 heterocycles. The normalized spacial score (nSPS) is 10.7. The minimum atomic E-state index is -0.926. The van der Waals surface area contributed by atoms with Gasteiger partial charge in [-0.3, -0.25) is 14.0 Å². The van der Waals surface area contributed by atoms with Gasteiger partial charge in [-0.1, -0.05) is 0 Å². The Balaban J connectivity index is 2.41. The van der Waals surface area contributed by atoms with Crippen molar-refractivity contribution in [3.8, 4) is 5.75 Å². The molecule has 0 saturated carbocycles. The SMILES string of the molecule is CCOc1cccn2c(C(=O)N(CC)CCC(=O)O)c(C)nc12. The highest BCUT2D eigenvalue weighted by molar-refractivity contribution is 5.95. The van der Waals surface area contributed by atoms with Crippen LogP contribution < -0.4 is 4.74 Å². The zero-order valence-corrected chi connectivity index (χ0v) is 13.6. The third kappa shape index (κ3) is 3.44. The fourth-order valence-electron chi connectivity index (χ4n) is 2.47. The summed E-state index contributed by atoms with van der Waals surface area (Å²) < 4.78 is 7.25. The molecule has 0 aromatic carbocycles. The van der Waals surface area contributed by atoms with Crippen molar-refractivity contribution in [3.63, 3.8) is 0 Å². The number of imidazole rings is 1. The standard InChI is InChI=1S/C16H21N3O4/c1-4-18(10-8-13(20)21)16(22)14-11(3)17-15-12(23-5-2)7-6-9-19(14)15/h6-7,9H,4-5,8,10H2,1-3H3,(H,20,21). The molecule has 0 radical (unpaired) electrons. The van der Waals surface area contributed by atoms with E-state index in [0.29, 0.717) is 35.9 Å². The summed E-state index contributed by atoms with van der Waals surface area (Å²) in [5, 5.41) is 8.82. The van der Waals surface area contributed by atoms with Crippen LogP contribution in [0, 0.1) is 6.92 Å². The van der Waals surface area contributed by atoms with E-state index >= 15 is 0 Å². The Labute approximate surface area is 134 Å². The molecule has 0 unspecified atom stereocenters.